The zero-order valence-electron chi connectivity index (χ0n) is 13.7. The molecule has 0 fully saturated rings. The molecule has 2 aromatic carbocycles. The molecule has 0 aliphatic rings. The number of hydrogen-bond donors (Lipinski definition) is 3. The summed E-state index contributed by atoms with van der Waals surface area (Å²) in [5, 5.41) is 32.6. The minimum atomic E-state index is -4.53. The van der Waals surface area contributed by atoms with Gasteiger partial charge in [-0.1, -0.05) is 0 Å². The third kappa shape index (κ3) is 5.02. The first kappa shape index (κ1) is 20.3. The average Bonchev–Trinajstić information content (AvgIpc) is 2.64. The number of halogens is 3. The molecule has 0 bridgehead atoms. The van der Waals surface area contributed by atoms with Crippen molar-refractivity contribution in [1.29, 1.82) is 0 Å². The number of benzene rings is 2. The lowest BCUT2D eigenvalue weighted by molar-refractivity contribution is -0.384. The Morgan fingerprint density at radius 2 is 1.67 bits per heavy atom. The zero-order chi connectivity index (χ0) is 20.2. The standard InChI is InChI=1S/C17H15F3N2O5/c18-17(19,20)12-5-1-11(2-6-12)16(25)21-14(9-23)15(24)10-3-7-13(8-4-10)22(26)27/h1-8,14-15,23-24H,9H2,(H,21,25). The van der Waals surface area contributed by atoms with E-state index < -0.39 is 41.3 Å². The number of non-ortho nitro benzene ring substituents is 1. The molecule has 0 radical (unpaired) electrons. The summed E-state index contributed by atoms with van der Waals surface area (Å²) in [6.07, 6.45) is -5.91. The van der Waals surface area contributed by atoms with E-state index in [1.807, 2.05) is 0 Å². The fourth-order valence-electron chi connectivity index (χ4n) is 2.31. The minimum Gasteiger partial charge on any atom is -0.394 e. The first-order valence-corrected chi connectivity index (χ1v) is 7.65. The predicted molar refractivity (Wildman–Crippen MR) is 87.8 cm³/mol. The number of aliphatic hydroxyl groups is 2. The normalized spacial score (nSPS) is 13.7. The summed E-state index contributed by atoms with van der Waals surface area (Å²) < 4.78 is 37.6. The molecule has 2 atom stereocenters. The van der Waals surface area contributed by atoms with Crippen LogP contribution >= 0.6 is 0 Å². The molecule has 7 nitrogen and oxygen atoms in total. The lowest BCUT2D eigenvalue weighted by Crippen LogP contribution is -2.42. The van der Waals surface area contributed by atoms with Crippen LogP contribution in [0.5, 0.6) is 0 Å². The second-order valence-corrected chi connectivity index (χ2v) is 5.63. The Kier molecular flexibility index (Phi) is 6.13. The summed E-state index contributed by atoms with van der Waals surface area (Å²) >= 11 is 0. The van der Waals surface area contributed by atoms with Gasteiger partial charge in [0.25, 0.3) is 11.6 Å². The number of rotatable bonds is 6. The smallest absolute Gasteiger partial charge is 0.394 e. The lowest BCUT2D eigenvalue weighted by Gasteiger charge is -2.22. The van der Waals surface area contributed by atoms with Crippen LogP contribution in [0.1, 0.15) is 27.6 Å². The third-order valence-corrected chi connectivity index (χ3v) is 3.81. The largest absolute Gasteiger partial charge is 0.416 e. The number of amides is 1. The Bertz CT molecular complexity index is 807. The van der Waals surface area contributed by atoms with Crippen LogP contribution in [0.4, 0.5) is 18.9 Å². The topological polar surface area (TPSA) is 113 Å². The monoisotopic (exact) mass is 384 g/mol. The van der Waals surface area contributed by atoms with Gasteiger partial charge in [0.15, 0.2) is 0 Å². The lowest BCUT2D eigenvalue weighted by atomic mass is 10.0. The summed E-state index contributed by atoms with van der Waals surface area (Å²) in [5.74, 6) is -0.788. The van der Waals surface area contributed by atoms with Gasteiger partial charge >= 0.3 is 6.18 Å². The Labute approximate surface area is 151 Å². The average molecular weight is 384 g/mol. The molecule has 2 rings (SSSR count). The van der Waals surface area contributed by atoms with Crippen molar-refractivity contribution in [2.24, 2.45) is 0 Å². The fraction of sp³-hybridized carbons (Fsp3) is 0.235. The highest BCUT2D eigenvalue weighted by atomic mass is 19.4. The molecule has 2 unspecified atom stereocenters. The van der Waals surface area contributed by atoms with Crippen LogP contribution in [-0.4, -0.2) is 33.7 Å². The van der Waals surface area contributed by atoms with E-state index in [0.717, 1.165) is 36.4 Å². The Hall–Kier alpha value is -2.98. The first-order valence-electron chi connectivity index (χ1n) is 7.65. The Morgan fingerprint density at radius 1 is 1.11 bits per heavy atom. The highest BCUT2D eigenvalue weighted by Crippen LogP contribution is 2.29. The first-order chi connectivity index (χ1) is 12.6. The predicted octanol–water partition coefficient (Wildman–Crippen LogP) is 2.44. The van der Waals surface area contributed by atoms with Crippen LogP contribution in [0, 0.1) is 10.1 Å². The minimum absolute atomic E-state index is 0.0858. The van der Waals surface area contributed by atoms with Gasteiger partial charge in [0, 0.05) is 17.7 Å². The van der Waals surface area contributed by atoms with Crippen LogP contribution in [0.25, 0.3) is 0 Å². The maximum Gasteiger partial charge on any atom is 0.416 e. The quantitative estimate of drug-likeness (QED) is 0.523. The summed E-state index contributed by atoms with van der Waals surface area (Å²) in [7, 11) is 0. The van der Waals surface area contributed by atoms with Gasteiger partial charge in [-0.05, 0) is 42.0 Å². The van der Waals surface area contributed by atoms with E-state index in [4.69, 9.17) is 0 Å². The van der Waals surface area contributed by atoms with E-state index in [1.165, 1.54) is 12.1 Å². The molecule has 0 aliphatic heterocycles. The molecule has 0 heterocycles. The van der Waals surface area contributed by atoms with Gasteiger partial charge in [-0.2, -0.15) is 13.2 Å². The van der Waals surface area contributed by atoms with Crippen molar-refractivity contribution in [3.63, 3.8) is 0 Å². The Balaban J connectivity index is 2.10. The number of hydrogen-bond acceptors (Lipinski definition) is 5. The van der Waals surface area contributed by atoms with Gasteiger partial charge < -0.3 is 15.5 Å². The van der Waals surface area contributed by atoms with Crippen molar-refractivity contribution in [3.05, 3.63) is 75.3 Å². The molecule has 2 aromatic rings. The van der Waals surface area contributed by atoms with E-state index >= 15 is 0 Å². The molecule has 0 aromatic heterocycles. The van der Waals surface area contributed by atoms with Gasteiger partial charge in [0.1, 0.15) is 6.10 Å². The number of carbonyl (C=O) groups is 1. The Morgan fingerprint density at radius 3 is 2.11 bits per heavy atom. The van der Waals surface area contributed by atoms with Gasteiger partial charge in [0.2, 0.25) is 0 Å². The molecular formula is C17H15F3N2O5. The SMILES string of the molecule is O=C(NC(CO)C(O)c1ccc([N+](=O)[O-])cc1)c1ccc(C(F)(F)F)cc1. The number of aliphatic hydroxyl groups excluding tert-OH is 2. The van der Waals surface area contributed by atoms with Crippen molar-refractivity contribution in [1.82, 2.24) is 5.32 Å². The van der Waals surface area contributed by atoms with Crippen molar-refractivity contribution in [2.75, 3.05) is 6.61 Å². The van der Waals surface area contributed by atoms with E-state index in [-0.39, 0.29) is 16.8 Å². The molecule has 0 saturated carbocycles. The van der Waals surface area contributed by atoms with E-state index in [9.17, 15) is 38.3 Å². The van der Waals surface area contributed by atoms with Crippen molar-refractivity contribution < 1.29 is 33.1 Å². The van der Waals surface area contributed by atoms with Crippen molar-refractivity contribution in [2.45, 2.75) is 18.3 Å². The van der Waals surface area contributed by atoms with Crippen LogP contribution in [-0.2, 0) is 6.18 Å². The van der Waals surface area contributed by atoms with E-state index in [0.29, 0.717) is 0 Å². The van der Waals surface area contributed by atoms with E-state index in [1.54, 1.807) is 0 Å². The summed E-state index contributed by atoms with van der Waals surface area (Å²) in [4.78, 5) is 22.2. The molecule has 0 saturated heterocycles. The van der Waals surface area contributed by atoms with Gasteiger partial charge in [-0.3, -0.25) is 14.9 Å². The second kappa shape index (κ2) is 8.14. The molecule has 27 heavy (non-hydrogen) atoms. The molecule has 144 valence electrons. The maximum absolute atomic E-state index is 12.5. The summed E-state index contributed by atoms with van der Waals surface area (Å²) in [6, 6.07) is 7.14. The van der Waals surface area contributed by atoms with Crippen LogP contribution < -0.4 is 5.32 Å². The fourth-order valence-corrected chi connectivity index (χ4v) is 2.31. The maximum atomic E-state index is 12.5. The van der Waals surface area contributed by atoms with Crippen molar-refractivity contribution in [3.8, 4) is 0 Å². The van der Waals surface area contributed by atoms with Crippen molar-refractivity contribution >= 4 is 11.6 Å². The van der Waals surface area contributed by atoms with Crippen LogP contribution in [0.15, 0.2) is 48.5 Å². The van der Waals surface area contributed by atoms with Crippen LogP contribution in [0.2, 0.25) is 0 Å². The number of carbonyl (C=O) groups excluding carboxylic acids is 1. The number of nitrogens with zero attached hydrogens (tertiary/aromatic N) is 1. The van der Waals surface area contributed by atoms with E-state index in [2.05, 4.69) is 5.32 Å². The highest BCUT2D eigenvalue weighted by Gasteiger charge is 2.30. The molecule has 0 spiro atoms. The van der Waals surface area contributed by atoms with Gasteiger partial charge in [0.05, 0.1) is 23.1 Å². The second-order valence-electron chi connectivity index (χ2n) is 5.63. The number of alkyl halides is 3. The number of nitrogens with one attached hydrogen (secondary N) is 1. The molecule has 0 aliphatic carbocycles. The summed E-state index contributed by atoms with van der Waals surface area (Å²) in [6.45, 7) is -0.662. The molecule has 10 heteroatoms. The highest BCUT2D eigenvalue weighted by molar-refractivity contribution is 5.94. The molecular weight excluding hydrogens is 369 g/mol. The number of nitro groups is 1. The summed E-state index contributed by atoms with van der Waals surface area (Å²) in [5.41, 5.74) is -0.978. The third-order valence-electron chi connectivity index (χ3n) is 3.81. The molecule has 3 N–H and O–H groups in total. The zero-order valence-corrected chi connectivity index (χ0v) is 13.7. The van der Waals surface area contributed by atoms with Crippen LogP contribution in [0.3, 0.4) is 0 Å². The van der Waals surface area contributed by atoms with Gasteiger partial charge in [-0.15, -0.1) is 0 Å². The van der Waals surface area contributed by atoms with Gasteiger partial charge in [-0.25, -0.2) is 0 Å². The number of nitro benzene ring substituents is 1. The molecule has 1 amide bonds.